The van der Waals surface area contributed by atoms with Crippen molar-refractivity contribution in [2.24, 2.45) is 0 Å². The van der Waals surface area contributed by atoms with Gasteiger partial charge in [0.15, 0.2) is 0 Å². The number of aromatic nitrogens is 2. The first-order valence-electron chi connectivity index (χ1n) is 5.69. The molecule has 0 bridgehead atoms. The molecule has 2 heterocycles. The monoisotopic (exact) mass is 307 g/mol. The smallest absolute Gasteiger partial charge is 0.241 e. The molecule has 1 aromatic rings. The number of rotatable bonds is 4. The fraction of sp³-hybridized carbons (Fsp3) is 0.600. The molecule has 1 fully saturated rings. The molecule has 0 amide bonds. The van der Waals surface area contributed by atoms with E-state index in [0.29, 0.717) is 26.1 Å². The number of ether oxygens (including phenoxy) is 2. The van der Waals surface area contributed by atoms with Crippen molar-refractivity contribution in [3.05, 3.63) is 11.2 Å². The van der Waals surface area contributed by atoms with Crippen LogP contribution in [0.4, 0.5) is 5.95 Å². The molecule has 0 aromatic carbocycles. The summed E-state index contributed by atoms with van der Waals surface area (Å²) in [6, 6.07) is 1.40. The number of halogens is 1. The molecule has 9 heteroatoms. The van der Waals surface area contributed by atoms with Gasteiger partial charge in [0.2, 0.25) is 21.9 Å². The van der Waals surface area contributed by atoms with E-state index >= 15 is 0 Å². The Morgan fingerprint density at radius 3 is 2.74 bits per heavy atom. The van der Waals surface area contributed by atoms with Crippen LogP contribution in [0.1, 0.15) is 12.8 Å². The molecule has 0 saturated carbocycles. The molecule has 0 unspecified atom stereocenters. The van der Waals surface area contributed by atoms with Crippen molar-refractivity contribution < 1.29 is 17.9 Å². The topological polar surface area (TPSA) is 90.4 Å². The summed E-state index contributed by atoms with van der Waals surface area (Å²) in [6.45, 7) is 0.872. The van der Waals surface area contributed by atoms with Crippen molar-refractivity contribution in [3.63, 3.8) is 0 Å². The Hall–Kier alpha value is -1.12. The molecule has 1 aromatic heterocycles. The maximum absolute atomic E-state index is 12.1. The number of nitrogens with zero attached hydrogens (tertiary/aromatic N) is 2. The highest BCUT2D eigenvalue weighted by atomic mass is 35.5. The number of nitrogens with one attached hydrogen (secondary N) is 1. The number of hydrogen-bond donors (Lipinski definition) is 1. The average molecular weight is 308 g/mol. The molecular weight excluding hydrogens is 294 g/mol. The molecule has 19 heavy (non-hydrogen) atoms. The largest absolute Gasteiger partial charge is 0.481 e. The zero-order valence-electron chi connectivity index (χ0n) is 10.3. The van der Waals surface area contributed by atoms with Gasteiger partial charge in [-0.15, -0.1) is 0 Å². The predicted octanol–water partition coefficient (Wildman–Crippen LogP) is 1.06. The number of hydrogen-bond acceptors (Lipinski definition) is 6. The van der Waals surface area contributed by atoms with E-state index < -0.39 is 15.3 Å². The number of methoxy groups -OCH3 is 1. The van der Waals surface area contributed by atoms with Gasteiger partial charge in [-0.2, -0.15) is 4.98 Å². The number of anilines is 1. The second-order valence-electron chi connectivity index (χ2n) is 4.02. The van der Waals surface area contributed by atoms with Gasteiger partial charge in [0.25, 0.3) is 0 Å². The second-order valence-corrected chi connectivity index (χ2v) is 6.36. The maximum Gasteiger partial charge on any atom is 0.241 e. The normalized spacial score (nSPS) is 17.2. The highest BCUT2D eigenvalue weighted by molar-refractivity contribution is 7.93. The lowest BCUT2D eigenvalue weighted by molar-refractivity contribution is 0.0984. The Labute approximate surface area is 116 Å². The van der Waals surface area contributed by atoms with Gasteiger partial charge in [0, 0.05) is 19.3 Å². The molecule has 106 valence electrons. The van der Waals surface area contributed by atoms with Crippen molar-refractivity contribution >= 4 is 27.6 Å². The third kappa shape index (κ3) is 3.68. The van der Waals surface area contributed by atoms with Gasteiger partial charge in [0.05, 0.1) is 12.4 Å². The molecule has 0 radical (unpaired) electrons. The summed E-state index contributed by atoms with van der Waals surface area (Å²) in [5, 5.41) is -0.397. The van der Waals surface area contributed by atoms with Gasteiger partial charge in [-0.1, -0.05) is 11.6 Å². The van der Waals surface area contributed by atoms with E-state index in [9.17, 15) is 8.42 Å². The maximum atomic E-state index is 12.1. The molecular formula is C10H14ClN3O4S. The van der Waals surface area contributed by atoms with Crippen LogP contribution in [-0.2, 0) is 14.8 Å². The Bertz CT molecular complexity index is 546. The van der Waals surface area contributed by atoms with Crippen LogP contribution < -0.4 is 9.46 Å². The van der Waals surface area contributed by atoms with E-state index in [4.69, 9.17) is 21.1 Å². The fourth-order valence-electron chi connectivity index (χ4n) is 1.74. The van der Waals surface area contributed by atoms with Gasteiger partial charge in [-0.05, 0) is 12.8 Å². The van der Waals surface area contributed by atoms with E-state index in [0.717, 1.165) is 0 Å². The van der Waals surface area contributed by atoms with Crippen LogP contribution in [0.2, 0.25) is 5.15 Å². The quantitative estimate of drug-likeness (QED) is 0.836. The molecule has 1 aliphatic rings. The van der Waals surface area contributed by atoms with Crippen LogP contribution in [0.5, 0.6) is 5.88 Å². The summed E-state index contributed by atoms with van der Waals surface area (Å²) in [7, 11) is -2.14. The summed E-state index contributed by atoms with van der Waals surface area (Å²) in [6.07, 6.45) is 0.903. The van der Waals surface area contributed by atoms with Crippen molar-refractivity contribution in [2.75, 3.05) is 25.0 Å². The van der Waals surface area contributed by atoms with E-state index in [1.54, 1.807) is 0 Å². The minimum absolute atomic E-state index is 0.0872. The van der Waals surface area contributed by atoms with E-state index in [-0.39, 0.29) is 17.0 Å². The van der Waals surface area contributed by atoms with Crippen LogP contribution in [0.3, 0.4) is 0 Å². The first kappa shape index (κ1) is 14.3. The Kier molecular flexibility index (Phi) is 4.43. The molecule has 1 saturated heterocycles. The van der Waals surface area contributed by atoms with Gasteiger partial charge < -0.3 is 9.47 Å². The molecule has 7 nitrogen and oxygen atoms in total. The third-order valence-electron chi connectivity index (χ3n) is 2.72. The summed E-state index contributed by atoms with van der Waals surface area (Å²) in [5.41, 5.74) is 0. The van der Waals surface area contributed by atoms with Crippen molar-refractivity contribution in [3.8, 4) is 5.88 Å². The molecule has 1 N–H and O–H groups in total. The van der Waals surface area contributed by atoms with E-state index in [1.807, 2.05) is 0 Å². The minimum Gasteiger partial charge on any atom is -0.481 e. The molecule has 0 aliphatic carbocycles. The summed E-state index contributed by atoms with van der Waals surface area (Å²) in [4.78, 5) is 7.71. The lowest BCUT2D eigenvalue weighted by Crippen LogP contribution is -2.33. The van der Waals surface area contributed by atoms with Crippen LogP contribution in [0, 0.1) is 0 Å². The van der Waals surface area contributed by atoms with Crippen LogP contribution in [0.15, 0.2) is 6.07 Å². The zero-order chi connectivity index (χ0) is 13.9. The molecule has 0 spiro atoms. The molecule has 1 aliphatic heterocycles. The lowest BCUT2D eigenvalue weighted by atomic mass is 10.2. The zero-order valence-corrected chi connectivity index (χ0v) is 11.9. The van der Waals surface area contributed by atoms with Gasteiger partial charge in [0.1, 0.15) is 5.15 Å². The average Bonchev–Trinajstić information content (AvgIpc) is 2.38. The summed E-state index contributed by atoms with van der Waals surface area (Å²) >= 11 is 5.76. The van der Waals surface area contributed by atoms with Gasteiger partial charge in [-0.25, -0.2) is 13.4 Å². The predicted molar refractivity (Wildman–Crippen MR) is 70.0 cm³/mol. The van der Waals surface area contributed by atoms with Gasteiger partial charge in [-0.3, -0.25) is 4.72 Å². The first-order chi connectivity index (χ1) is 9.01. The fourth-order valence-corrected chi connectivity index (χ4v) is 3.24. The van der Waals surface area contributed by atoms with Crippen molar-refractivity contribution in [2.45, 2.75) is 18.1 Å². The van der Waals surface area contributed by atoms with Crippen molar-refractivity contribution in [1.82, 2.24) is 9.97 Å². The standard InChI is InChI=1S/C10H14ClN3O4S/c1-17-9-6-8(11)12-10(13-9)14-19(15,16)7-2-4-18-5-3-7/h6-7H,2-5H2,1H3,(H,12,13,14). The van der Waals surface area contributed by atoms with Crippen LogP contribution in [-0.4, -0.2) is 44.0 Å². The third-order valence-corrected chi connectivity index (χ3v) is 4.73. The van der Waals surface area contributed by atoms with Gasteiger partial charge >= 0.3 is 0 Å². The highest BCUT2D eigenvalue weighted by Crippen LogP contribution is 2.20. The first-order valence-corrected chi connectivity index (χ1v) is 7.61. The highest BCUT2D eigenvalue weighted by Gasteiger charge is 2.28. The minimum atomic E-state index is -3.55. The second kappa shape index (κ2) is 5.89. The summed E-state index contributed by atoms with van der Waals surface area (Å²) in [5.74, 6) is 0.112. The Morgan fingerprint density at radius 1 is 1.42 bits per heavy atom. The SMILES string of the molecule is COc1cc(Cl)nc(NS(=O)(=O)C2CCOCC2)n1. The number of sulfonamides is 1. The van der Waals surface area contributed by atoms with Crippen LogP contribution in [0.25, 0.3) is 0 Å². The Morgan fingerprint density at radius 2 is 2.11 bits per heavy atom. The van der Waals surface area contributed by atoms with Crippen molar-refractivity contribution in [1.29, 1.82) is 0 Å². The lowest BCUT2D eigenvalue weighted by Gasteiger charge is -2.22. The summed E-state index contributed by atoms with van der Waals surface area (Å²) < 4.78 is 36.6. The van der Waals surface area contributed by atoms with E-state index in [1.165, 1.54) is 13.2 Å². The van der Waals surface area contributed by atoms with Crippen LogP contribution >= 0.6 is 11.6 Å². The Balaban J connectivity index is 2.17. The molecule has 2 rings (SSSR count). The van der Waals surface area contributed by atoms with E-state index in [2.05, 4.69) is 14.7 Å². The molecule has 0 atom stereocenters.